The molecule has 4 rings (SSSR count). The van der Waals surface area contributed by atoms with E-state index in [1.54, 1.807) is 31.4 Å². The van der Waals surface area contributed by atoms with E-state index in [2.05, 4.69) is 15.4 Å². The monoisotopic (exact) mass is 406 g/mol. The molecule has 0 saturated carbocycles. The molecule has 2 heterocycles. The van der Waals surface area contributed by atoms with Crippen LogP contribution >= 0.6 is 11.3 Å². The minimum Gasteiger partial charge on any atom is -0.497 e. The van der Waals surface area contributed by atoms with Crippen LogP contribution in [-0.4, -0.2) is 27.6 Å². The molecule has 146 valence electrons. The summed E-state index contributed by atoms with van der Waals surface area (Å²) in [6.45, 7) is 2.16. The Morgan fingerprint density at radius 3 is 2.55 bits per heavy atom. The second-order valence-electron chi connectivity index (χ2n) is 6.46. The van der Waals surface area contributed by atoms with Gasteiger partial charge in [-0.25, -0.2) is 4.98 Å². The second kappa shape index (κ2) is 7.84. The number of carbonyl (C=O) groups excluding carboxylic acids is 1. The van der Waals surface area contributed by atoms with Gasteiger partial charge in [-0.1, -0.05) is 41.2 Å². The normalized spacial score (nSPS) is 10.8. The molecule has 4 aromatic rings. The Morgan fingerprint density at radius 1 is 1.14 bits per heavy atom. The summed E-state index contributed by atoms with van der Waals surface area (Å²) < 4.78 is 6.37. The third-order valence-corrected chi connectivity index (χ3v) is 5.34. The molecule has 0 atom stereocenters. The molecule has 0 bridgehead atoms. The van der Waals surface area contributed by atoms with E-state index in [9.17, 15) is 9.59 Å². The maximum absolute atomic E-state index is 12.4. The summed E-state index contributed by atoms with van der Waals surface area (Å²) in [4.78, 5) is 29.7. The number of hydrogen-bond donors (Lipinski definition) is 1. The number of carbonyl (C=O) groups is 1. The molecule has 7 nitrogen and oxygen atoms in total. The lowest BCUT2D eigenvalue weighted by Crippen LogP contribution is -2.25. The van der Waals surface area contributed by atoms with Crippen molar-refractivity contribution in [1.29, 1.82) is 0 Å². The van der Waals surface area contributed by atoms with Crippen molar-refractivity contribution < 1.29 is 9.53 Å². The zero-order valence-electron chi connectivity index (χ0n) is 15.9. The highest BCUT2D eigenvalue weighted by Crippen LogP contribution is 2.24. The van der Waals surface area contributed by atoms with E-state index in [-0.39, 0.29) is 18.0 Å². The van der Waals surface area contributed by atoms with Crippen molar-refractivity contribution in [1.82, 2.24) is 19.9 Å². The zero-order valence-corrected chi connectivity index (χ0v) is 16.7. The fraction of sp³-hybridized carbons (Fsp3) is 0.143. The number of methoxy groups -OCH3 is 1. The fourth-order valence-corrected chi connectivity index (χ4v) is 3.70. The highest BCUT2D eigenvalue weighted by molar-refractivity contribution is 7.19. The summed E-state index contributed by atoms with van der Waals surface area (Å²) in [5, 5.41) is 7.87. The first-order valence-corrected chi connectivity index (χ1v) is 9.74. The van der Waals surface area contributed by atoms with E-state index < -0.39 is 0 Å². The number of nitrogens with zero attached hydrogens (tertiary/aromatic N) is 3. The molecule has 1 N–H and O–H groups in total. The van der Waals surface area contributed by atoms with Crippen molar-refractivity contribution in [2.75, 3.05) is 7.11 Å². The lowest BCUT2D eigenvalue weighted by molar-refractivity contribution is 0.0950. The number of amides is 1. The molecule has 29 heavy (non-hydrogen) atoms. The van der Waals surface area contributed by atoms with Crippen molar-refractivity contribution in [3.63, 3.8) is 0 Å². The number of aromatic nitrogens is 3. The van der Waals surface area contributed by atoms with Gasteiger partial charge in [0.1, 0.15) is 10.8 Å². The average Bonchev–Trinajstić information content (AvgIpc) is 3.17. The van der Waals surface area contributed by atoms with E-state index in [1.807, 2.05) is 31.2 Å². The SMILES string of the molecule is COc1ccc(C(=O)NCc2cc(=O)n3nc(-c4ccc(C)cc4)sc3n2)cc1. The minimum absolute atomic E-state index is 0.147. The molecular weight excluding hydrogens is 388 g/mol. The first-order chi connectivity index (χ1) is 14.0. The number of aryl methyl sites for hydroxylation is 1. The Labute approximate surface area is 170 Å². The molecule has 0 aliphatic carbocycles. The van der Waals surface area contributed by atoms with Crippen LogP contribution in [0.15, 0.2) is 59.4 Å². The summed E-state index contributed by atoms with van der Waals surface area (Å²) >= 11 is 1.33. The van der Waals surface area contributed by atoms with E-state index in [1.165, 1.54) is 21.9 Å². The van der Waals surface area contributed by atoms with Crippen LogP contribution in [-0.2, 0) is 6.54 Å². The van der Waals surface area contributed by atoms with Gasteiger partial charge in [0.2, 0.25) is 4.96 Å². The van der Waals surface area contributed by atoms with E-state index in [0.717, 1.165) is 11.1 Å². The molecule has 0 spiro atoms. The number of rotatable bonds is 5. The van der Waals surface area contributed by atoms with Gasteiger partial charge in [0.15, 0.2) is 0 Å². The predicted octanol–water partition coefficient (Wildman–Crippen LogP) is 3.07. The molecule has 0 saturated heterocycles. The minimum atomic E-state index is -0.279. The number of hydrogen-bond acceptors (Lipinski definition) is 6. The standard InChI is InChI=1S/C21H18N4O3S/c1-13-3-5-15(6-4-13)20-24-25-18(26)11-16(23-21(25)29-20)12-22-19(27)14-7-9-17(28-2)10-8-14/h3-11H,12H2,1-2H3,(H,22,27). The van der Waals surface area contributed by atoms with Gasteiger partial charge in [-0.05, 0) is 31.2 Å². The molecule has 0 radical (unpaired) electrons. The number of benzene rings is 2. The van der Waals surface area contributed by atoms with Crippen LogP contribution in [0, 0.1) is 6.92 Å². The summed E-state index contributed by atoms with van der Waals surface area (Å²) in [7, 11) is 1.57. The number of ether oxygens (including phenoxy) is 1. The summed E-state index contributed by atoms with van der Waals surface area (Å²) in [5.74, 6) is 0.426. The fourth-order valence-electron chi connectivity index (χ4n) is 2.77. The number of nitrogens with one attached hydrogen (secondary N) is 1. The van der Waals surface area contributed by atoms with Gasteiger partial charge in [0.05, 0.1) is 19.3 Å². The van der Waals surface area contributed by atoms with Crippen molar-refractivity contribution >= 4 is 22.2 Å². The van der Waals surface area contributed by atoms with Crippen LogP contribution < -0.4 is 15.6 Å². The van der Waals surface area contributed by atoms with Gasteiger partial charge in [-0.2, -0.15) is 9.61 Å². The van der Waals surface area contributed by atoms with Gasteiger partial charge in [0.25, 0.3) is 11.5 Å². The highest BCUT2D eigenvalue weighted by Gasteiger charge is 2.12. The third kappa shape index (κ3) is 4.02. The van der Waals surface area contributed by atoms with Crippen molar-refractivity contribution in [2.45, 2.75) is 13.5 Å². The van der Waals surface area contributed by atoms with Crippen LogP contribution in [0.5, 0.6) is 5.75 Å². The van der Waals surface area contributed by atoms with Gasteiger partial charge < -0.3 is 10.1 Å². The van der Waals surface area contributed by atoms with Crippen LogP contribution in [0.25, 0.3) is 15.5 Å². The van der Waals surface area contributed by atoms with E-state index >= 15 is 0 Å². The molecule has 0 fully saturated rings. The lowest BCUT2D eigenvalue weighted by Gasteiger charge is -2.05. The van der Waals surface area contributed by atoms with Crippen LogP contribution in [0.4, 0.5) is 0 Å². The van der Waals surface area contributed by atoms with Crippen molar-refractivity contribution in [3.8, 4) is 16.3 Å². The maximum Gasteiger partial charge on any atom is 0.275 e. The highest BCUT2D eigenvalue weighted by atomic mass is 32.1. The summed E-state index contributed by atoms with van der Waals surface area (Å²) in [6.07, 6.45) is 0. The van der Waals surface area contributed by atoms with Gasteiger partial charge >= 0.3 is 0 Å². The first kappa shape index (κ1) is 18.8. The van der Waals surface area contributed by atoms with Crippen LogP contribution in [0.2, 0.25) is 0 Å². The predicted molar refractivity (Wildman–Crippen MR) is 111 cm³/mol. The average molecular weight is 406 g/mol. The Bertz CT molecular complexity index is 1230. The van der Waals surface area contributed by atoms with Gasteiger partial charge in [-0.3, -0.25) is 9.59 Å². The molecular formula is C21H18N4O3S. The topological polar surface area (TPSA) is 85.6 Å². The molecule has 2 aromatic carbocycles. The Morgan fingerprint density at radius 2 is 1.86 bits per heavy atom. The van der Waals surface area contributed by atoms with Gasteiger partial charge in [0, 0.05) is 17.2 Å². The van der Waals surface area contributed by atoms with Gasteiger partial charge in [-0.15, -0.1) is 0 Å². The van der Waals surface area contributed by atoms with Crippen molar-refractivity contribution in [3.05, 3.63) is 81.8 Å². The van der Waals surface area contributed by atoms with Crippen LogP contribution in [0.1, 0.15) is 21.6 Å². The molecule has 1 amide bonds. The van der Waals surface area contributed by atoms with Crippen molar-refractivity contribution in [2.24, 2.45) is 0 Å². The Balaban J connectivity index is 1.54. The smallest absolute Gasteiger partial charge is 0.275 e. The lowest BCUT2D eigenvalue weighted by atomic mass is 10.2. The Kier molecular flexibility index (Phi) is 5.09. The van der Waals surface area contributed by atoms with E-state index in [4.69, 9.17) is 4.74 Å². The molecule has 2 aromatic heterocycles. The third-order valence-electron chi connectivity index (χ3n) is 4.38. The number of fused-ring (bicyclic) bond motifs is 1. The van der Waals surface area contributed by atoms with E-state index in [0.29, 0.717) is 27.0 Å². The maximum atomic E-state index is 12.4. The quantitative estimate of drug-likeness (QED) is 0.551. The largest absolute Gasteiger partial charge is 0.497 e. The molecule has 0 unspecified atom stereocenters. The molecule has 0 aliphatic heterocycles. The summed E-state index contributed by atoms with van der Waals surface area (Å²) in [5.41, 5.74) is 2.79. The van der Waals surface area contributed by atoms with Crippen LogP contribution in [0.3, 0.4) is 0 Å². The Hall–Kier alpha value is -3.52. The molecule has 0 aliphatic rings. The summed E-state index contributed by atoms with van der Waals surface area (Å²) in [6, 6.07) is 16.1. The zero-order chi connectivity index (χ0) is 20.4. The second-order valence-corrected chi connectivity index (χ2v) is 7.42. The first-order valence-electron chi connectivity index (χ1n) is 8.92. The molecule has 8 heteroatoms.